The molecule has 0 aliphatic heterocycles. The lowest BCUT2D eigenvalue weighted by molar-refractivity contribution is 0.466. The predicted octanol–water partition coefficient (Wildman–Crippen LogP) is 4.69. The molecule has 136 valence electrons. The molecule has 0 amide bonds. The predicted molar refractivity (Wildman–Crippen MR) is 104 cm³/mol. The van der Waals surface area contributed by atoms with Crippen LogP contribution in [0.15, 0.2) is 57.7 Å². The topological polar surface area (TPSA) is 62.5 Å². The molecule has 0 aliphatic rings. The summed E-state index contributed by atoms with van der Waals surface area (Å²) in [5, 5.41) is 14.5. The quantitative estimate of drug-likeness (QED) is 0.606. The molecule has 3 aromatic rings. The first kappa shape index (κ1) is 18.2. The molecule has 0 aliphatic carbocycles. The molecule has 2 aromatic carbocycles. The zero-order valence-corrected chi connectivity index (χ0v) is 15.3. The highest BCUT2D eigenvalue weighted by Crippen LogP contribution is 2.27. The second-order valence-corrected chi connectivity index (χ2v) is 6.55. The van der Waals surface area contributed by atoms with E-state index in [2.05, 4.69) is 24.4 Å². The van der Waals surface area contributed by atoms with Crippen molar-refractivity contribution in [2.24, 2.45) is 0 Å². The molecular weight excluding hydrogens is 326 g/mol. The van der Waals surface area contributed by atoms with Crippen LogP contribution in [-0.2, 0) is 13.0 Å². The van der Waals surface area contributed by atoms with Crippen LogP contribution in [0.5, 0.6) is 5.75 Å². The summed E-state index contributed by atoms with van der Waals surface area (Å²) in [5.74, 6) is 0.168. The number of fused-ring (bicyclic) bond motifs is 1. The van der Waals surface area contributed by atoms with E-state index < -0.39 is 5.63 Å². The average Bonchev–Trinajstić information content (AvgIpc) is 2.65. The Hall–Kier alpha value is -2.59. The number of rotatable bonds is 7. The maximum Gasteiger partial charge on any atom is 0.336 e. The van der Waals surface area contributed by atoms with E-state index in [0.717, 1.165) is 35.8 Å². The van der Waals surface area contributed by atoms with E-state index in [1.165, 1.54) is 5.56 Å². The van der Waals surface area contributed by atoms with Gasteiger partial charge in [-0.1, -0.05) is 50.6 Å². The molecule has 4 heteroatoms. The van der Waals surface area contributed by atoms with E-state index in [4.69, 9.17) is 4.42 Å². The van der Waals surface area contributed by atoms with Crippen molar-refractivity contribution < 1.29 is 9.52 Å². The molecule has 0 spiro atoms. The minimum absolute atomic E-state index is 0.168. The van der Waals surface area contributed by atoms with Gasteiger partial charge in [-0.15, -0.1) is 0 Å². The summed E-state index contributed by atoms with van der Waals surface area (Å²) in [4.78, 5) is 11.9. The largest absolute Gasteiger partial charge is 0.508 e. The van der Waals surface area contributed by atoms with Gasteiger partial charge in [-0.2, -0.15) is 0 Å². The molecule has 0 fully saturated rings. The number of phenolic OH excluding ortho intramolecular Hbond substituents is 1. The molecule has 1 atom stereocenters. The Morgan fingerprint density at radius 1 is 1.08 bits per heavy atom. The van der Waals surface area contributed by atoms with Gasteiger partial charge in [0.15, 0.2) is 0 Å². The van der Waals surface area contributed by atoms with Crippen LogP contribution in [0.2, 0.25) is 0 Å². The molecule has 0 bridgehead atoms. The third kappa shape index (κ3) is 3.97. The number of hydrogen-bond acceptors (Lipinski definition) is 4. The van der Waals surface area contributed by atoms with Crippen molar-refractivity contribution in [3.05, 3.63) is 75.6 Å². The summed E-state index contributed by atoms with van der Waals surface area (Å²) < 4.78 is 5.28. The van der Waals surface area contributed by atoms with E-state index in [1.807, 2.05) is 31.2 Å². The van der Waals surface area contributed by atoms with Crippen LogP contribution in [0.25, 0.3) is 11.0 Å². The summed E-state index contributed by atoms with van der Waals surface area (Å²) in [5.41, 5.74) is 3.01. The van der Waals surface area contributed by atoms with Crippen molar-refractivity contribution in [3.63, 3.8) is 0 Å². The van der Waals surface area contributed by atoms with Crippen LogP contribution >= 0.6 is 0 Å². The van der Waals surface area contributed by atoms with Crippen molar-refractivity contribution in [2.45, 2.75) is 45.7 Å². The van der Waals surface area contributed by atoms with Crippen LogP contribution in [-0.4, -0.2) is 5.11 Å². The van der Waals surface area contributed by atoms with Crippen LogP contribution in [0, 0.1) is 0 Å². The SMILES string of the molecule is CCC[C@H](NCc1cc(=O)oc2cc(O)c(CC)cc12)c1ccccc1. The number of hydrogen-bond donors (Lipinski definition) is 2. The number of aromatic hydroxyl groups is 1. The van der Waals surface area contributed by atoms with Gasteiger partial charge in [0.2, 0.25) is 0 Å². The Labute approximate surface area is 153 Å². The summed E-state index contributed by atoms with van der Waals surface area (Å²) in [6.45, 7) is 4.72. The Kier molecular flexibility index (Phi) is 5.74. The van der Waals surface area contributed by atoms with Gasteiger partial charge in [0.25, 0.3) is 0 Å². The number of benzene rings is 2. The van der Waals surface area contributed by atoms with Gasteiger partial charge >= 0.3 is 5.63 Å². The maximum atomic E-state index is 11.9. The monoisotopic (exact) mass is 351 g/mol. The smallest absolute Gasteiger partial charge is 0.336 e. The fourth-order valence-corrected chi connectivity index (χ4v) is 3.33. The van der Waals surface area contributed by atoms with E-state index >= 15 is 0 Å². The van der Waals surface area contributed by atoms with Crippen LogP contribution in [0.4, 0.5) is 0 Å². The molecule has 1 heterocycles. The molecule has 1 aromatic heterocycles. The second-order valence-electron chi connectivity index (χ2n) is 6.55. The maximum absolute atomic E-state index is 11.9. The van der Waals surface area contributed by atoms with Crippen LogP contribution in [0.3, 0.4) is 0 Å². The normalized spacial score (nSPS) is 12.4. The first-order valence-corrected chi connectivity index (χ1v) is 9.19. The van der Waals surface area contributed by atoms with Gasteiger partial charge in [-0.25, -0.2) is 4.79 Å². The Bertz CT molecular complexity index is 931. The standard InChI is InChI=1S/C22H25NO3/c1-3-8-19(16-9-6-5-7-10-16)23-14-17-12-22(25)26-21-13-20(24)15(4-2)11-18(17)21/h5-7,9-13,19,23-24H,3-4,8,14H2,1-2H3/t19-/m0/s1. The third-order valence-corrected chi connectivity index (χ3v) is 4.73. The lowest BCUT2D eigenvalue weighted by Gasteiger charge is -2.19. The van der Waals surface area contributed by atoms with Crippen LogP contribution in [0.1, 0.15) is 49.4 Å². The minimum atomic E-state index is -0.398. The highest BCUT2D eigenvalue weighted by atomic mass is 16.4. The summed E-state index contributed by atoms with van der Waals surface area (Å²) >= 11 is 0. The zero-order valence-electron chi connectivity index (χ0n) is 15.3. The summed E-state index contributed by atoms with van der Waals surface area (Å²) in [7, 11) is 0. The zero-order chi connectivity index (χ0) is 18.5. The number of aryl methyl sites for hydroxylation is 1. The average molecular weight is 351 g/mol. The second kappa shape index (κ2) is 8.19. The first-order valence-electron chi connectivity index (χ1n) is 9.19. The lowest BCUT2D eigenvalue weighted by atomic mass is 10.0. The van der Waals surface area contributed by atoms with Crippen LogP contribution < -0.4 is 10.9 Å². The Morgan fingerprint density at radius 2 is 1.85 bits per heavy atom. The third-order valence-electron chi connectivity index (χ3n) is 4.73. The molecule has 2 N–H and O–H groups in total. The molecule has 0 radical (unpaired) electrons. The highest BCUT2D eigenvalue weighted by Gasteiger charge is 2.13. The van der Waals surface area contributed by atoms with Crippen molar-refractivity contribution in [3.8, 4) is 5.75 Å². The van der Waals surface area contributed by atoms with Gasteiger partial charge < -0.3 is 14.8 Å². The van der Waals surface area contributed by atoms with Crippen molar-refractivity contribution in [1.29, 1.82) is 0 Å². The fraction of sp³-hybridized carbons (Fsp3) is 0.318. The number of phenols is 1. The van der Waals surface area contributed by atoms with Crippen molar-refractivity contribution in [2.75, 3.05) is 0 Å². The summed E-state index contributed by atoms with van der Waals surface area (Å²) in [6.07, 6.45) is 2.80. The van der Waals surface area contributed by atoms with Crippen molar-refractivity contribution in [1.82, 2.24) is 5.32 Å². The first-order chi connectivity index (χ1) is 12.6. The van der Waals surface area contributed by atoms with E-state index in [9.17, 15) is 9.90 Å². The van der Waals surface area contributed by atoms with Gasteiger partial charge in [0.05, 0.1) is 0 Å². The minimum Gasteiger partial charge on any atom is -0.508 e. The van der Waals surface area contributed by atoms with E-state index in [0.29, 0.717) is 12.1 Å². The molecule has 4 nitrogen and oxygen atoms in total. The molecule has 0 saturated carbocycles. The van der Waals surface area contributed by atoms with E-state index in [1.54, 1.807) is 12.1 Å². The molecule has 0 saturated heterocycles. The fourth-order valence-electron chi connectivity index (χ4n) is 3.33. The van der Waals surface area contributed by atoms with Gasteiger partial charge in [-0.3, -0.25) is 0 Å². The van der Waals surface area contributed by atoms with Gasteiger partial charge in [-0.05, 0) is 35.6 Å². The van der Waals surface area contributed by atoms with Gasteiger partial charge in [0, 0.05) is 30.1 Å². The highest BCUT2D eigenvalue weighted by molar-refractivity contribution is 5.82. The molecule has 3 rings (SSSR count). The number of nitrogens with one attached hydrogen (secondary N) is 1. The molecule has 0 unspecified atom stereocenters. The van der Waals surface area contributed by atoms with E-state index in [-0.39, 0.29) is 11.8 Å². The molecular formula is C22H25NO3. The van der Waals surface area contributed by atoms with Crippen molar-refractivity contribution >= 4 is 11.0 Å². The summed E-state index contributed by atoms with van der Waals surface area (Å²) in [6, 6.07) is 15.6. The Morgan fingerprint density at radius 3 is 2.54 bits per heavy atom. The Balaban J connectivity index is 1.93. The van der Waals surface area contributed by atoms with Gasteiger partial charge in [0.1, 0.15) is 11.3 Å². The molecule has 26 heavy (non-hydrogen) atoms. The lowest BCUT2D eigenvalue weighted by Crippen LogP contribution is -2.21.